The predicted octanol–water partition coefficient (Wildman–Crippen LogP) is 2.25. The Morgan fingerprint density at radius 2 is 1.80 bits per heavy atom. The van der Waals surface area contributed by atoms with Gasteiger partial charge in [-0.2, -0.15) is 5.26 Å². The molecule has 0 aliphatic heterocycles. The van der Waals surface area contributed by atoms with Gasteiger partial charge in [-0.3, -0.25) is 9.36 Å². The van der Waals surface area contributed by atoms with Crippen LogP contribution in [0.1, 0.15) is 23.0 Å². The third-order valence-corrected chi connectivity index (χ3v) is 3.85. The van der Waals surface area contributed by atoms with Gasteiger partial charge in [0.25, 0.3) is 0 Å². The zero-order valence-electron chi connectivity index (χ0n) is 13.5. The molecule has 1 heterocycles. The molecule has 0 spiro atoms. The first-order valence-corrected chi connectivity index (χ1v) is 7.92. The highest BCUT2D eigenvalue weighted by atomic mass is 16.2. The summed E-state index contributed by atoms with van der Waals surface area (Å²) in [5.41, 5.74) is 2.17. The Balaban J connectivity index is 1.75. The molecule has 6 nitrogen and oxygen atoms in total. The second kappa shape index (κ2) is 7.88. The molecule has 0 saturated carbocycles. The van der Waals surface area contributed by atoms with Gasteiger partial charge < -0.3 is 5.32 Å². The van der Waals surface area contributed by atoms with Crippen LogP contribution in [0.4, 0.5) is 0 Å². The van der Waals surface area contributed by atoms with Crippen LogP contribution in [0.2, 0.25) is 0 Å². The van der Waals surface area contributed by atoms with Crippen LogP contribution in [0.15, 0.2) is 67.0 Å². The summed E-state index contributed by atoms with van der Waals surface area (Å²) in [6.07, 6.45) is 2.07. The molecule has 3 rings (SSSR count). The predicted molar refractivity (Wildman–Crippen MR) is 92.2 cm³/mol. The second-order valence-electron chi connectivity index (χ2n) is 5.61. The fourth-order valence-corrected chi connectivity index (χ4v) is 2.64. The molecule has 1 amide bonds. The Bertz CT molecular complexity index is 868. The molecule has 0 saturated heterocycles. The van der Waals surface area contributed by atoms with E-state index in [4.69, 9.17) is 5.26 Å². The van der Waals surface area contributed by atoms with Crippen molar-refractivity contribution < 1.29 is 4.79 Å². The minimum absolute atomic E-state index is 0.00795. The van der Waals surface area contributed by atoms with Crippen molar-refractivity contribution in [1.29, 1.82) is 5.26 Å². The Kier molecular flexibility index (Phi) is 5.17. The lowest BCUT2D eigenvalue weighted by Crippen LogP contribution is -2.33. The third kappa shape index (κ3) is 4.30. The summed E-state index contributed by atoms with van der Waals surface area (Å²) >= 11 is 0. The molecule has 0 aliphatic rings. The van der Waals surface area contributed by atoms with Gasteiger partial charge in [-0.05, 0) is 17.5 Å². The number of nitriles is 1. The van der Waals surface area contributed by atoms with Crippen LogP contribution in [0.3, 0.4) is 0 Å². The summed E-state index contributed by atoms with van der Waals surface area (Å²) in [5, 5.41) is 19.3. The van der Waals surface area contributed by atoms with Crippen molar-refractivity contribution in [3.63, 3.8) is 0 Å². The number of amides is 1. The molecule has 0 aliphatic carbocycles. The van der Waals surface area contributed by atoms with Gasteiger partial charge in [0.2, 0.25) is 11.7 Å². The van der Waals surface area contributed by atoms with E-state index in [0.717, 1.165) is 11.1 Å². The first-order chi connectivity index (χ1) is 12.3. The molecular weight excluding hydrogens is 314 g/mol. The Hall–Kier alpha value is -3.46. The molecule has 124 valence electrons. The van der Waals surface area contributed by atoms with E-state index in [2.05, 4.69) is 15.5 Å². The summed E-state index contributed by atoms with van der Waals surface area (Å²) in [6.45, 7) is 0.00795. The standard InChI is InChI=1S/C19H17N5O/c20-12-18-23-21-14-24(18)13-19(25)22-17(16-9-5-2-6-10-16)11-15-7-3-1-4-8-15/h1-10,14,17H,11,13H2,(H,22,25)/t17-/m0/s1. The van der Waals surface area contributed by atoms with Crippen molar-refractivity contribution in [2.75, 3.05) is 0 Å². The Morgan fingerprint density at radius 3 is 2.48 bits per heavy atom. The van der Waals surface area contributed by atoms with E-state index < -0.39 is 0 Å². The van der Waals surface area contributed by atoms with E-state index in [-0.39, 0.29) is 24.3 Å². The molecule has 3 aromatic rings. The number of benzene rings is 2. The minimum Gasteiger partial charge on any atom is -0.347 e. The number of nitrogens with zero attached hydrogens (tertiary/aromatic N) is 4. The normalized spacial score (nSPS) is 11.5. The van der Waals surface area contributed by atoms with Crippen molar-refractivity contribution in [3.05, 3.63) is 83.9 Å². The van der Waals surface area contributed by atoms with Crippen molar-refractivity contribution in [2.45, 2.75) is 19.0 Å². The first-order valence-electron chi connectivity index (χ1n) is 7.92. The van der Waals surface area contributed by atoms with Gasteiger partial charge in [-0.25, -0.2) is 0 Å². The van der Waals surface area contributed by atoms with Crippen molar-refractivity contribution >= 4 is 5.91 Å². The Morgan fingerprint density at radius 1 is 1.12 bits per heavy atom. The topological polar surface area (TPSA) is 83.6 Å². The number of carbonyl (C=O) groups excluding carboxylic acids is 1. The number of hydrogen-bond acceptors (Lipinski definition) is 4. The van der Waals surface area contributed by atoms with E-state index in [1.807, 2.05) is 66.7 Å². The van der Waals surface area contributed by atoms with Crippen LogP contribution in [0, 0.1) is 11.3 Å². The third-order valence-electron chi connectivity index (χ3n) is 3.85. The SMILES string of the molecule is N#Cc1nncn1CC(=O)N[C@@H](Cc1ccccc1)c1ccccc1. The lowest BCUT2D eigenvalue weighted by atomic mass is 9.99. The summed E-state index contributed by atoms with van der Waals surface area (Å²) in [4.78, 5) is 12.5. The lowest BCUT2D eigenvalue weighted by molar-refractivity contribution is -0.122. The van der Waals surface area contributed by atoms with Gasteiger partial charge in [-0.1, -0.05) is 60.7 Å². The van der Waals surface area contributed by atoms with Crippen LogP contribution in [0.5, 0.6) is 0 Å². The van der Waals surface area contributed by atoms with Gasteiger partial charge in [0.15, 0.2) is 0 Å². The van der Waals surface area contributed by atoms with Crippen molar-refractivity contribution in [1.82, 2.24) is 20.1 Å². The van der Waals surface area contributed by atoms with Gasteiger partial charge in [0, 0.05) is 0 Å². The molecule has 0 radical (unpaired) electrons. The molecule has 25 heavy (non-hydrogen) atoms. The highest BCUT2D eigenvalue weighted by Gasteiger charge is 2.16. The van der Waals surface area contributed by atoms with Gasteiger partial charge in [0.05, 0.1) is 6.04 Å². The number of hydrogen-bond donors (Lipinski definition) is 1. The first kappa shape index (κ1) is 16.4. The minimum atomic E-state index is -0.193. The number of aromatic nitrogens is 3. The molecular formula is C19H17N5O. The summed E-state index contributed by atoms with van der Waals surface area (Å²) in [6, 6.07) is 21.6. The van der Waals surface area contributed by atoms with E-state index in [9.17, 15) is 4.79 Å². The zero-order chi connectivity index (χ0) is 17.5. The molecule has 0 fully saturated rings. The van der Waals surface area contributed by atoms with Crippen LogP contribution in [0.25, 0.3) is 0 Å². The maximum atomic E-state index is 12.5. The maximum Gasteiger partial charge on any atom is 0.240 e. The van der Waals surface area contributed by atoms with Crippen LogP contribution < -0.4 is 5.32 Å². The van der Waals surface area contributed by atoms with Crippen LogP contribution >= 0.6 is 0 Å². The summed E-state index contributed by atoms with van der Waals surface area (Å²) in [7, 11) is 0. The highest BCUT2D eigenvalue weighted by molar-refractivity contribution is 5.76. The van der Waals surface area contributed by atoms with E-state index >= 15 is 0 Å². The molecule has 0 unspecified atom stereocenters. The maximum absolute atomic E-state index is 12.5. The molecule has 6 heteroatoms. The highest BCUT2D eigenvalue weighted by Crippen LogP contribution is 2.18. The van der Waals surface area contributed by atoms with Gasteiger partial charge in [0.1, 0.15) is 18.9 Å². The fraction of sp³-hybridized carbons (Fsp3) is 0.158. The van der Waals surface area contributed by atoms with E-state index in [1.54, 1.807) is 0 Å². The molecule has 1 aromatic heterocycles. The van der Waals surface area contributed by atoms with E-state index in [1.165, 1.54) is 10.9 Å². The summed E-state index contributed by atoms with van der Waals surface area (Å²) < 4.78 is 1.43. The average molecular weight is 331 g/mol. The monoisotopic (exact) mass is 331 g/mol. The van der Waals surface area contributed by atoms with E-state index in [0.29, 0.717) is 6.42 Å². The lowest BCUT2D eigenvalue weighted by Gasteiger charge is -2.19. The smallest absolute Gasteiger partial charge is 0.240 e. The quantitative estimate of drug-likeness (QED) is 0.751. The van der Waals surface area contributed by atoms with Crippen molar-refractivity contribution in [2.24, 2.45) is 0 Å². The largest absolute Gasteiger partial charge is 0.347 e. The van der Waals surface area contributed by atoms with Gasteiger partial charge in [-0.15, -0.1) is 10.2 Å². The second-order valence-corrected chi connectivity index (χ2v) is 5.61. The van der Waals surface area contributed by atoms with Crippen molar-refractivity contribution in [3.8, 4) is 6.07 Å². The summed E-state index contributed by atoms with van der Waals surface area (Å²) in [5.74, 6) is -0.0736. The molecule has 1 atom stereocenters. The zero-order valence-corrected chi connectivity index (χ0v) is 13.5. The Labute approximate surface area is 145 Å². The molecule has 0 bridgehead atoms. The van der Waals surface area contributed by atoms with Crippen LogP contribution in [-0.2, 0) is 17.8 Å². The average Bonchev–Trinajstić information content (AvgIpc) is 3.10. The van der Waals surface area contributed by atoms with Gasteiger partial charge >= 0.3 is 0 Å². The number of nitrogens with one attached hydrogen (secondary N) is 1. The van der Waals surface area contributed by atoms with Crippen LogP contribution in [-0.4, -0.2) is 20.7 Å². The fourth-order valence-electron chi connectivity index (χ4n) is 2.64. The molecule has 2 aromatic carbocycles. The number of rotatable bonds is 6. The molecule has 1 N–H and O–H groups in total. The number of carbonyl (C=O) groups is 1.